The fourth-order valence-corrected chi connectivity index (χ4v) is 1.48. The van der Waals surface area contributed by atoms with Crippen LogP contribution in [0, 0.1) is 0 Å². The third-order valence-corrected chi connectivity index (χ3v) is 2.43. The minimum absolute atomic E-state index is 0.0284. The van der Waals surface area contributed by atoms with Crippen LogP contribution in [0.4, 0.5) is 18.9 Å². The average molecular weight is 247 g/mol. The summed E-state index contributed by atoms with van der Waals surface area (Å²) in [6.45, 7) is 3.78. The molecule has 0 spiro atoms. The van der Waals surface area contributed by atoms with E-state index in [1.165, 1.54) is 12.1 Å². The van der Waals surface area contributed by atoms with Crippen molar-refractivity contribution in [1.29, 1.82) is 0 Å². The van der Waals surface area contributed by atoms with E-state index in [1.807, 2.05) is 13.8 Å². The van der Waals surface area contributed by atoms with Gasteiger partial charge in [0, 0.05) is 17.8 Å². The molecule has 0 amide bonds. The van der Waals surface area contributed by atoms with E-state index >= 15 is 0 Å². The van der Waals surface area contributed by atoms with Gasteiger partial charge in [-0.3, -0.25) is 0 Å². The molecule has 0 fully saturated rings. The topological polar surface area (TPSA) is 32.3 Å². The molecule has 0 aliphatic carbocycles. The van der Waals surface area contributed by atoms with Crippen molar-refractivity contribution in [1.82, 2.24) is 0 Å². The fourth-order valence-electron chi connectivity index (χ4n) is 1.48. The van der Waals surface area contributed by atoms with E-state index in [-0.39, 0.29) is 12.1 Å². The van der Waals surface area contributed by atoms with Gasteiger partial charge in [-0.15, -0.1) is 0 Å². The lowest BCUT2D eigenvalue weighted by molar-refractivity contribution is -0.137. The van der Waals surface area contributed by atoms with Gasteiger partial charge in [0.15, 0.2) is 0 Å². The van der Waals surface area contributed by atoms with Gasteiger partial charge in [-0.05, 0) is 44.5 Å². The summed E-state index contributed by atoms with van der Waals surface area (Å²) in [5.41, 5.74) is -0.409. The zero-order valence-electron chi connectivity index (χ0n) is 9.80. The zero-order chi connectivity index (χ0) is 13.1. The first kappa shape index (κ1) is 13.8. The Morgan fingerprint density at radius 3 is 2.06 bits per heavy atom. The molecule has 0 aromatic heterocycles. The summed E-state index contributed by atoms with van der Waals surface area (Å²) in [5.74, 6) is 0. The maximum atomic E-state index is 12.3. The fraction of sp³-hybridized carbons (Fsp3) is 0.500. The smallest absolute Gasteiger partial charge is 0.396 e. The number of benzene rings is 1. The Morgan fingerprint density at radius 1 is 1.12 bits per heavy atom. The number of aliphatic hydroxyl groups is 1. The Bertz CT molecular complexity index is 357. The van der Waals surface area contributed by atoms with Gasteiger partial charge in [0.2, 0.25) is 0 Å². The van der Waals surface area contributed by atoms with E-state index in [0.717, 1.165) is 12.1 Å². The van der Waals surface area contributed by atoms with E-state index in [0.29, 0.717) is 12.1 Å². The molecule has 1 aromatic rings. The molecule has 0 saturated carbocycles. The first-order valence-electron chi connectivity index (χ1n) is 5.31. The van der Waals surface area contributed by atoms with Crippen LogP contribution in [0.15, 0.2) is 24.3 Å². The number of hydrogen-bond acceptors (Lipinski definition) is 2. The van der Waals surface area contributed by atoms with Crippen LogP contribution in [0.2, 0.25) is 0 Å². The number of nitrogens with one attached hydrogen (secondary N) is 1. The molecule has 96 valence electrons. The second-order valence-corrected chi connectivity index (χ2v) is 4.56. The van der Waals surface area contributed by atoms with E-state index < -0.39 is 11.7 Å². The van der Waals surface area contributed by atoms with Crippen molar-refractivity contribution in [3.8, 4) is 0 Å². The Balaban J connectivity index is 2.75. The van der Waals surface area contributed by atoms with Crippen molar-refractivity contribution in [2.45, 2.75) is 32.0 Å². The van der Waals surface area contributed by atoms with Gasteiger partial charge in [0.25, 0.3) is 0 Å². The normalized spacial score (nSPS) is 12.6. The van der Waals surface area contributed by atoms with E-state index in [1.54, 1.807) is 0 Å². The highest BCUT2D eigenvalue weighted by Crippen LogP contribution is 2.30. The summed E-state index contributed by atoms with van der Waals surface area (Å²) in [7, 11) is 0. The van der Waals surface area contributed by atoms with Gasteiger partial charge in [-0.1, -0.05) is 0 Å². The maximum absolute atomic E-state index is 12.3. The second kappa shape index (κ2) is 4.96. The molecule has 0 aliphatic rings. The molecular weight excluding hydrogens is 231 g/mol. The summed E-state index contributed by atoms with van der Waals surface area (Å²) < 4.78 is 37.0. The van der Waals surface area contributed by atoms with E-state index in [4.69, 9.17) is 5.11 Å². The van der Waals surface area contributed by atoms with Crippen LogP contribution < -0.4 is 5.32 Å². The summed E-state index contributed by atoms with van der Waals surface area (Å²) in [4.78, 5) is 0. The third kappa shape index (κ3) is 4.26. The van der Waals surface area contributed by atoms with Crippen molar-refractivity contribution >= 4 is 5.69 Å². The summed E-state index contributed by atoms with van der Waals surface area (Å²) in [5, 5.41) is 11.9. The van der Waals surface area contributed by atoms with Crippen molar-refractivity contribution in [2.24, 2.45) is 0 Å². The average Bonchev–Trinajstić information content (AvgIpc) is 2.16. The quantitative estimate of drug-likeness (QED) is 0.855. The molecule has 0 bridgehead atoms. The lowest BCUT2D eigenvalue weighted by Gasteiger charge is -2.26. The van der Waals surface area contributed by atoms with Crippen molar-refractivity contribution in [3.63, 3.8) is 0 Å². The van der Waals surface area contributed by atoms with Crippen LogP contribution in [-0.4, -0.2) is 17.3 Å². The van der Waals surface area contributed by atoms with Gasteiger partial charge in [-0.25, -0.2) is 0 Å². The van der Waals surface area contributed by atoms with Gasteiger partial charge in [-0.2, -0.15) is 13.2 Å². The highest BCUT2D eigenvalue weighted by molar-refractivity contribution is 5.47. The summed E-state index contributed by atoms with van der Waals surface area (Å²) in [6.07, 6.45) is -3.78. The Kier molecular flexibility index (Phi) is 4.03. The highest BCUT2D eigenvalue weighted by Gasteiger charge is 2.30. The highest BCUT2D eigenvalue weighted by atomic mass is 19.4. The molecule has 1 rings (SSSR count). The number of rotatable bonds is 4. The van der Waals surface area contributed by atoms with Gasteiger partial charge in [0.05, 0.1) is 5.56 Å². The number of hydrogen-bond donors (Lipinski definition) is 2. The summed E-state index contributed by atoms with van der Waals surface area (Å²) >= 11 is 0. The largest absolute Gasteiger partial charge is 0.416 e. The predicted octanol–water partition coefficient (Wildman–Crippen LogP) is 3.28. The molecule has 0 heterocycles. The minimum atomic E-state index is -4.31. The minimum Gasteiger partial charge on any atom is -0.396 e. The van der Waals surface area contributed by atoms with Crippen molar-refractivity contribution in [3.05, 3.63) is 29.8 Å². The van der Waals surface area contributed by atoms with Crippen LogP contribution in [0.25, 0.3) is 0 Å². The van der Waals surface area contributed by atoms with Crippen molar-refractivity contribution < 1.29 is 18.3 Å². The Labute approximate surface area is 98.5 Å². The molecule has 1 aromatic carbocycles. The lowest BCUT2D eigenvalue weighted by atomic mass is 10.0. The third-order valence-electron chi connectivity index (χ3n) is 2.43. The first-order chi connectivity index (χ1) is 7.74. The molecule has 17 heavy (non-hydrogen) atoms. The van der Waals surface area contributed by atoms with Gasteiger partial charge >= 0.3 is 6.18 Å². The number of aliphatic hydroxyl groups excluding tert-OH is 1. The molecule has 0 aliphatic heterocycles. The van der Waals surface area contributed by atoms with Crippen LogP contribution >= 0.6 is 0 Å². The second-order valence-electron chi connectivity index (χ2n) is 4.56. The number of anilines is 1. The molecular formula is C12H16F3NO. The van der Waals surface area contributed by atoms with Crippen LogP contribution in [0.1, 0.15) is 25.8 Å². The molecule has 2 N–H and O–H groups in total. The molecule has 0 radical (unpaired) electrons. The number of alkyl halides is 3. The SMILES string of the molecule is CC(C)(CCO)Nc1ccc(C(F)(F)F)cc1. The molecule has 2 nitrogen and oxygen atoms in total. The standard InChI is InChI=1S/C12H16F3NO/c1-11(2,7-8-17)16-10-5-3-9(4-6-10)12(13,14)15/h3-6,16-17H,7-8H2,1-2H3. The monoisotopic (exact) mass is 247 g/mol. The predicted molar refractivity (Wildman–Crippen MR) is 60.8 cm³/mol. The van der Waals surface area contributed by atoms with Crippen LogP contribution in [0.5, 0.6) is 0 Å². The molecule has 5 heteroatoms. The van der Waals surface area contributed by atoms with E-state index in [2.05, 4.69) is 5.32 Å². The summed E-state index contributed by atoms with van der Waals surface area (Å²) in [6, 6.07) is 4.86. The Morgan fingerprint density at radius 2 is 1.65 bits per heavy atom. The first-order valence-corrected chi connectivity index (χ1v) is 5.31. The van der Waals surface area contributed by atoms with E-state index in [9.17, 15) is 13.2 Å². The van der Waals surface area contributed by atoms with Crippen molar-refractivity contribution in [2.75, 3.05) is 11.9 Å². The van der Waals surface area contributed by atoms with Crippen LogP contribution in [-0.2, 0) is 6.18 Å². The van der Waals surface area contributed by atoms with Gasteiger partial charge in [0.1, 0.15) is 0 Å². The van der Waals surface area contributed by atoms with Crippen LogP contribution in [0.3, 0.4) is 0 Å². The maximum Gasteiger partial charge on any atom is 0.416 e. The molecule has 0 unspecified atom stereocenters. The number of halogens is 3. The molecule has 0 atom stereocenters. The Hall–Kier alpha value is -1.23. The lowest BCUT2D eigenvalue weighted by Crippen LogP contribution is -2.31. The molecule has 0 saturated heterocycles. The zero-order valence-corrected chi connectivity index (χ0v) is 9.80. The van der Waals surface area contributed by atoms with Gasteiger partial charge < -0.3 is 10.4 Å².